The van der Waals surface area contributed by atoms with Gasteiger partial charge < -0.3 is 10.5 Å². The monoisotopic (exact) mass is 353 g/mol. The number of pyridine rings is 1. The molecule has 4 nitrogen and oxygen atoms in total. The van der Waals surface area contributed by atoms with Crippen LogP contribution in [0.2, 0.25) is 5.02 Å². The van der Waals surface area contributed by atoms with Gasteiger partial charge in [0.2, 0.25) is 0 Å². The fourth-order valence-corrected chi connectivity index (χ4v) is 2.69. The molecule has 3 aromatic rings. The van der Waals surface area contributed by atoms with Gasteiger partial charge in [-0.25, -0.2) is 9.37 Å². The van der Waals surface area contributed by atoms with Crippen LogP contribution >= 0.6 is 11.6 Å². The highest BCUT2D eigenvalue weighted by atomic mass is 35.5. The van der Waals surface area contributed by atoms with E-state index in [1.165, 1.54) is 12.1 Å². The van der Waals surface area contributed by atoms with Gasteiger partial charge in [0.25, 0.3) is 0 Å². The molecule has 0 radical (unpaired) electrons. The minimum absolute atomic E-state index is 0.00855. The summed E-state index contributed by atoms with van der Waals surface area (Å²) in [6.07, 6.45) is 0. The molecule has 0 spiro atoms. The van der Waals surface area contributed by atoms with Crippen molar-refractivity contribution in [2.75, 3.05) is 12.8 Å². The Kier molecular flexibility index (Phi) is 4.55. The lowest BCUT2D eigenvalue weighted by Crippen LogP contribution is -2.00. The second-order valence-electron chi connectivity index (χ2n) is 5.26. The first-order valence-corrected chi connectivity index (χ1v) is 7.72. The number of nitriles is 1. The normalized spacial score (nSPS) is 10.3. The number of halogens is 2. The predicted octanol–water partition coefficient (Wildman–Crippen LogP) is 4.67. The molecule has 124 valence electrons. The van der Waals surface area contributed by atoms with Gasteiger partial charge in [-0.15, -0.1) is 0 Å². The third-order valence-corrected chi connectivity index (χ3v) is 4.08. The van der Waals surface area contributed by atoms with Crippen LogP contribution in [-0.4, -0.2) is 12.1 Å². The smallest absolute Gasteiger partial charge is 0.142 e. The van der Waals surface area contributed by atoms with Crippen LogP contribution < -0.4 is 10.5 Å². The molecule has 0 aliphatic heterocycles. The molecule has 1 aromatic heterocycles. The highest BCUT2D eigenvalue weighted by Gasteiger charge is 2.16. The van der Waals surface area contributed by atoms with Crippen LogP contribution in [0.4, 0.5) is 10.2 Å². The maximum absolute atomic E-state index is 13.9. The van der Waals surface area contributed by atoms with E-state index in [4.69, 9.17) is 22.1 Å². The first-order valence-electron chi connectivity index (χ1n) is 7.34. The number of rotatable bonds is 3. The largest absolute Gasteiger partial charge is 0.496 e. The second-order valence-corrected chi connectivity index (χ2v) is 5.66. The van der Waals surface area contributed by atoms with Crippen molar-refractivity contribution in [1.82, 2.24) is 4.98 Å². The predicted molar refractivity (Wildman–Crippen MR) is 95.8 cm³/mol. The van der Waals surface area contributed by atoms with Gasteiger partial charge in [-0.1, -0.05) is 29.8 Å². The van der Waals surface area contributed by atoms with Crippen LogP contribution in [-0.2, 0) is 0 Å². The number of methoxy groups -OCH3 is 1. The van der Waals surface area contributed by atoms with Crippen molar-refractivity contribution in [3.05, 3.63) is 64.9 Å². The maximum atomic E-state index is 13.9. The van der Waals surface area contributed by atoms with Crippen molar-refractivity contribution < 1.29 is 9.13 Å². The summed E-state index contributed by atoms with van der Waals surface area (Å²) in [5.41, 5.74) is 8.37. The number of nitrogen functional groups attached to an aromatic ring is 1. The number of anilines is 1. The Hall–Kier alpha value is -3.10. The summed E-state index contributed by atoms with van der Waals surface area (Å²) in [5, 5.41) is 9.44. The number of nitrogens with zero attached hydrogens (tertiary/aromatic N) is 2. The van der Waals surface area contributed by atoms with E-state index in [-0.39, 0.29) is 16.4 Å². The molecule has 2 N–H and O–H groups in total. The van der Waals surface area contributed by atoms with Crippen LogP contribution in [0.5, 0.6) is 5.75 Å². The Labute approximate surface area is 149 Å². The number of hydrogen-bond donors (Lipinski definition) is 1. The Morgan fingerprint density at radius 3 is 2.60 bits per heavy atom. The van der Waals surface area contributed by atoms with Gasteiger partial charge in [0.15, 0.2) is 0 Å². The van der Waals surface area contributed by atoms with E-state index in [0.29, 0.717) is 22.6 Å². The van der Waals surface area contributed by atoms with Crippen molar-refractivity contribution in [2.24, 2.45) is 0 Å². The number of ether oxygens (including phenoxy) is 1. The molecule has 0 fully saturated rings. The summed E-state index contributed by atoms with van der Waals surface area (Å²) >= 11 is 5.75. The fourth-order valence-electron chi connectivity index (χ4n) is 2.57. The van der Waals surface area contributed by atoms with Crippen molar-refractivity contribution in [1.29, 1.82) is 5.26 Å². The summed E-state index contributed by atoms with van der Waals surface area (Å²) in [6.45, 7) is 0. The number of aromatic nitrogens is 1. The molecule has 1 heterocycles. The SMILES string of the molecule is COc1ccccc1-c1cc(-c2ccc(Cl)c(F)c2)c(C#N)c(N)n1. The highest BCUT2D eigenvalue weighted by molar-refractivity contribution is 6.30. The minimum Gasteiger partial charge on any atom is -0.496 e. The standard InChI is InChI=1S/C19H13ClFN3O/c1-25-18-5-3-2-4-12(18)17-9-13(14(10-22)19(23)24-17)11-6-7-15(20)16(21)8-11/h2-9H,1H3,(H2,23,24). The topological polar surface area (TPSA) is 71.9 Å². The van der Waals surface area contributed by atoms with Crippen LogP contribution in [0.1, 0.15) is 5.56 Å². The van der Waals surface area contributed by atoms with E-state index in [9.17, 15) is 9.65 Å². The van der Waals surface area contributed by atoms with Crippen molar-refractivity contribution in [2.45, 2.75) is 0 Å². The van der Waals surface area contributed by atoms with E-state index < -0.39 is 5.82 Å². The molecular weight excluding hydrogens is 341 g/mol. The zero-order chi connectivity index (χ0) is 18.0. The summed E-state index contributed by atoms with van der Waals surface area (Å²) in [7, 11) is 1.56. The second kappa shape index (κ2) is 6.80. The van der Waals surface area contributed by atoms with Gasteiger partial charge >= 0.3 is 0 Å². The van der Waals surface area contributed by atoms with Crippen LogP contribution in [0.15, 0.2) is 48.5 Å². The Morgan fingerprint density at radius 2 is 1.92 bits per heavy atom. The molecule has 0 unspecified atom stereocenters. The molecule has 0 saturated carbocycles. The molecule has 3 rings (SSSR count). The van der Waals surface area contributed by atoms with Crippen LogP contribution in [0.3, 0.4) is 0 Å². The lowest BCUT2D eigenvalue weighted by Gasteiger charge is -2.12. The molecule has 0 saturated heterocycles. The summed E-state index contributed by atoms with van der Waals surface area (Å²) in [6, 6.07) is 15.4. The van der Waals surface area contributed by atoms with E-state index in [1.54, 1.807) is 25.3 Å². The first kappa shape index (κ1) is 16.7. The first-order chi connectivity index (χ1) is 12.0. The molecule has 25 heavy (non-hydrogen) atoms. The van der Waals surface area contributed by atoms with Crippen LogP contribution in [0, 0.1) is 17.1 Å². The zero-order valence-electron chi connectivity index (χ0n) is 13.3. The Balaban J connectivity index is 2.26. The van der Waals surface area contributed by atoms with Gasteiger partial charge in [0.05, 0.1) is 17.8 Å². The third kappa shape index (κ3) is 3.12. The quantitative estimate of drug-likeness (QED) is 0.742. The van der Waals surface area contributed by atoms with Crippen molar-refractivity contribution in [3.63, 3.8) is 0 Å². The van der Waals surface area contributed by atoms with E-state index in [2.05, 4.69) is 4.98 Å². The third-order valence-electron chi connectivity index (χ3n) is 3.77. The lowest BCUT2D eigenvalue weighted by molar-refractivity contribution is 0.416. The van der Waals surface area contributed by atoms with Gasteiger partial charge in [0.1, 0.15) is 29.0 Å². The molecule has 2 aromatic carbocycles. The minimum atomic E-state index is -0.572. The molecule has 0 aliphatic rings. The van der Waals surface area contributed by atoms with Gasteiger partial charge in [-0.3, -0.25) is 0 Å². The maximum Gasteiger partial charge on any atom is 0.142 e. The molecule has 0 bridgehead atoms. The van der Waals surface area contributed by atoms with Crippen molar-refractivity contribution in [3.8, 4) is 34.2 Å². The number of hydrogen-bond acceptors (Lipinski definition) is 4. The summed E-state index contributed by atoms with van der Waals surface area (Å²) in [4.78, 5) is 4.30. The van der Waals surface area contributed by atoms with Gasteiger partial charge in [-0.05, 0) is 35.9 Å². The van der Waals surface area contributed by atoms with Gasteiger partial charge in [-0.2, -0.15) is 5.26 Å². The summed E-state index contributed by atoms with van der Waals surface area (Å²) < 4.78 is 19.2. The number of nitrogens with two attached hydrogens (primary N) is 1. The molecular formula is C19H13ClFN3O. The Morgan fingerprint density at radius 1 is 1.16 bits per heavy atom. The van der Waals surface area contributed by atoms with E-state index in [1.807, 2.05) is 24.3 Å². The molecule has 0 atom stereocenters. The van der Waals surface area contributed by atoms with Crippen LogP contribution in [0.25, 0.3) is 22.4 Å². The fraction of sp³-hybridized carbons (Fsp3) is 0.0526. The average molecular weight is 354 g/mol. The number of para-hydroxylation sites is 1. The van der Waals surface area contributed by atoms with E-state index >= 15 is 0 Å². The van der Waals surface area contributed by atoms with E-state index in [0.717, 1.165) is 5.56 Å². The zero-order valence-corrected chi connectivity index (χ0v) is 14.0. The lowest BCUT2D eigenvalue weighted by atomic mass is 9.98. The molecule has 6 heteroatoms. The highest BCUT2D eigenvalue weighted by Crippen LogP contribution is 2.35. The number of benzene rings is 2. The molecule has 0 amide bonds. The molecule has 0 aliphatic carbocycles. The average Bonchev–Trinajstić information content (AvgIpc) is 2.63. The van der Waals surface area contributed by atoms with Gasteiger partial charge in [0, 0.05) is 11.1 Å². The Bertz CT molecular complexity index is 998. The summed E-state index contributed by atoms with van der Waals surface area (Å²) in [5.74, 6) is 0.112. The van der Waals surface area contributed by atoms with Crippen molar-refractivity contribution >= 4 is 17.4 Å².